The lowest BCUT2D eigenvalue weighted by Crippen LogP contribution is -2.14. The summed E-state index contributed by atoms with van der Waals surface area (Å²) < 4.78 is 63.1. The van der Waals surface area contributed by atoms with Crippen molar-refractivity contribution in [1.29, 1.82) is 0 Å². The van der Waals surface area contributed by atoms with Crippen LogP contribution in [0.1, 0.15) is 15.9 Å². The van der Waals surface area contributed by atoms with Gasteiger partial charge in [-0.15, -0.1) is 0 Å². The van der Waals surface area contributed by atoms with Crippen molar-refractivity contribution in [3.63, 3.8) is 0 Å². The minimum absolute atomic E-state index is 0.0470. The number of hydrogen-bond acceptors (Lipinski definition) is 3. The van der Waals surface area contributed by atoms with Gasteiger partial charge in [0.25, 0.3) is 5.91 Å². The first-order valence-corrected chi connectivity index (χ1v) is 9.47. The number of anilines is 2. The predicted octanol–water partition coefficient (Wildman–Crippen LogP) is 4.64. The summed E-state index contributed by atoms with van der Waals surface area (Å²) in [5, 5.41) is 1.71. The summed E-state index contributed by atoms with van der Waals surface area (Å²) in [7, 11) is -3.53. The molecule has 0 saturated heterocycles. The molecular weight excluding hydrogens is 416 g/mol. The van der Waals surface area contributed by atoms with Gasteiger partial charge in [-0.25, -0.2) is 8.42 Å². The van der Waals surface area contributed by atoms with E-state index in [-0.39, 0.29) is 22.0 Å². The van der Waals surface area contributed by atoms with Gasteiger partial charge in [-0.3, -0.25) is 9.52 Å². The molecule has 0 radical (unpaired) electrons. The predicted molar refractivity (Wildman–Crippen MR) is 94.3 cm³/mol. The molecule has 0 fully saturated rings. The molecule has 0 heterocycles. The van der Waals surface area contributed by atoms with Crippen LogP contribution in [0.15, 0.2) is 36.4 Å². The normalized spacial score (nSPS) is 11.9. The van der Waals surface area contributed by atoms with Gasteiger partial charge in [-0.2, -0.15) is 13.2 Å². The minimum atomic E-state index is -4.67. The molecule has 2 N–H and O–H groups in total. The maximum Gasteiger partial charge on any atom is 0.417 e. The Hall–Kier alpha value is -1.97. The maximum absolute atomic E-state index is 12.9. The average Bonchev–Trinajstić information content (AvgIpc) is 2.46. The topological polar surface area (TPSA) is 75.3 Å². The van der Waals surface area contributed by atoms with Crippen LogP contribution in [0.4, 0.5) is 24.5 Å². The Bertz CT molecular complexity index is 963. The van der Waals surface area contributed by atoms with Gasteiger partial charge in [0.05, 0.1) is 27.4 Å². The number of sulfonamides is 1. The molecule has 0 aromatic heterocycles. The molecule has 0 atom stereocenters. The lowest BCUT2D eigenvalue weighted by atomic mass is 10.1. The number of hydrogen-bond donors (Lipinski definition) is 2. The van der Waals surface area contributed by atoms with E-state index in [9.17, 15) is 26.4 Å². The van der Waals surface area contributed by atoms with E-state index in [0.717, 1.165) is 12.3 Å². The zero-order valence-electron chi connectivity index (χ0n) is 13.0. The Kier molecular flexibility index (Phi) is 5.74. The van der Waals surface area contributed by atoms with Crippen molar-refractivity contribution in [1.82, 2.24) is 0 Å². The molecule has 0 spiro atoms. The molecule has 0 aliphatic heterocycles. The highest BCUT2D eigenvalue weighted by molar-refractivity contribution is 7.92. The standard InChI is InChI=1S/C15H11Cl2F3N2O3S/c1-26(24,25)22-9-2-4-10(13(17)7-9)14(23)21-8-3-5-12(16)11(6-8)15(18,19)20/h2-7,22H,1H3,(H,21,23). The SMILES string of the molecule is CS(=O)(=O)Nc1ccc(C(=O)Nc2ccc(Cl)c(C(F)(F)F)c2)c(Cl)c1. The highest BCUT2D eigenvalue weighted by Gasteiger charge is 2.33. The molecule has 0 saturated carbocycles. The zero-order valence-corrected chi connectivity index (χ0v) is 15.3. The number of carbonyl (C=O) groups is 1. The van der Waals surface area contributed by atoms with Crippen molar-refractivity contribution in [2.24, 2.45) is 0 Å². The summed E-state index contributed by atoms with van der Waals surface area (Å²) in [5.74, 6) is -0.767. The Morgan fingerprint density at radius 2 is 1.62 bits per heavy atom. The summed E-state index contributed by atoms with van der Waals surface area (Å²) >= 11 is 11.5. The first kappa shape index (κ1) is 20.3. The molecule has 0 bridgehead atoms. The fraction of sp³-hybridized carbons (Fsp3) is 0.133. The van der Waals surface area contributed by atoms with Crippen LogP contribution in [-0.4, -0.2) is 20.6 Å². The van der Waals surface area contributed by atoms with Crippen molar-refractivity contribution in [2.45, 2.75) is 6.18 Å². The van der Waals surface area contributed by atoms with Crippen LogP contribution in [0.3, 0.4) is 0 Å². The third-order valence-electron chi connectivity index (χ3n) is 3.05. The lowest BCUT2D eigenvalue weighted by molar-refractivity contribution is -0.137. The monoisotopic (exact) mass is 426 g/mol. The quantitative estimate of drug-likeness (QED) is 0.747. The molecule has 2 rings (SSSR count). The highest BCUT2D eigenvalue weighted by Crippen LogP contribution is 2.36. The van der Waals surface area contributed by atoms with Crippen molar-refractivity contribution in [2.75, 3.05) is 16.3 Å². The van der Waals surface area contributed by atoms with Crippen LogP contribution >= 0.6 is 23.2 Å². The second kappa shape index (κ2) is 7.34. The summed E-state index contributed by atoms with van der Waals surface area (Å²) in [6, 6.07) is 6.68. The number of benzene rings is 2. The van der Waals surface area contributed by atoms with Crippen LogP contribution in [0.5, 0.6) is 0 Å². The van der Waals surface area contributed by atoms with Gasteiger partial charge < -0.3 is 5.32 Å². The Morgan fingerprint density at radius 3 is 2.15 bits per heavy atom. The van der Waals surface area contributed by atoms with E-state index in [1.807, 2.05) is 0 Å². The Morgan fingerprint density at radius 1 is 1.00 bits per heavy atom. The number of carbonyl (C=O) groups excluding carboxylic acids is 1. The van der Waals surface area contributed by atoms with Crippen LogP contribution in [-0.2, 0) is 16.2 Å². The van der Waals surface area contributed by atoms with Gasteiger partial charge in [0, 0.05) is 11.4 Å². The molecule has 0 aliphatic carbocycles. The molecule has 2 aromatic carbocycles. The molecule has 1 amide bonds. The van der Waals surface area contributed by atoms with Crippen LogP contribution in [0, 0.1) is 0 Å². The fourth-order valence-corrected chi connectivity index (χ4v) is 3.04. The third-order valence-corrected chi connectivity index (χ3v) is 4.30. The van der Waals surface area contributed by atoms with Gasteiger partial charge in [-0.05, 0) is 36.4 Å². The second-order valence-corrected chi connectivity index (χ2v) is 7.78. The zero-order chi connectivity index (χ0) is 19.7. The maximum atomic E-state index is 12.9. The Balaban J connectivity index is 2.26. The second-order valence-electron chi connectivity index (χ2n) is 5.22. The average molecular weight is 427 g/mol. The molecule has 2 aromatic rings. The van der Waals surface area contributed by atoms with Gasteiger partial charge in [-0.1, -0.05) is 23.2 Å². The van der Waals surface area contributed by atoms with Gasteiger partial charge in [0.1, 0.15) is 0 Å². The van der Waals surface area contributed by atoms with E-state index >= 15 is 0 Å². The molecule has 11 heteroatoms. The van der Waals surface area contributed by atoms with Crippen LogP contribution in [0.2, 0.25) is 10.0 Å². The number of amides is 1. The smallest absolute Gasteiger partial charge is 0.322 e. The number of nitrogens with one attached hydrogen (secondary N) is 2. The van der Waals surface area contributed by atoms with E-state index in [0.29, 0.717) is 6.07 Å². The van der Waals surface area contributed by atoms with Crippen LogP contribution in [0.25, 0.3) is 0 Å². The van der Waals surface area contributed by atoms with Crippen molar-refractivity contribution < 1.29 is 26.4 Å². The summed E-state index contributed by atoms with van der Waals surface area (Å²) in [6.07, 6.45) is -3.73. The van der Waals surface area contributed by atoms with E-state index in [2.05, 4.69) is 10.0 Å². The van der Waals surface area contributed by atoms with E-state index in [1.165, 1.54) is 24.3 Å². The first-order chi connectivity index (χ1) is 11.9. The van der Waals surface area contributed by atoms with Gasteiger partial charge in [0.2, 0.25) is 10.0 Å². The molecule has 0 unspecified atom stereocenters. The first-order valence-electron chi connectivity index (χ1n) is 6.82. The van der Waals surface area contributed by atoms with E-state index in [4.69, 9.17) is 23.2 Å². The number of alkyl halides is 3. The van der Waals surface area contributed by atoms with E-state index < -0.39 is 32.7 Å². The number of rotatable bonds is 4. The molecule has 5 nitrogen and oxygen atoms in total. The highest BCUT2D eigenvalue weighted by atomic mass is 35.5. The van der Waals surface area contributed by atoms with Crippen molar-refractivity contribution in [3.05, 3.63) is 57.6 Å². The summed E-state index contributed by atoms with van der Waals surface area (Å²) in [4.78, 5) is 12.2. The van der Waals surface area contributed by atoms with E-state index in [1.54, 1.807) is 0 Å². The summed E-state index contributed by atoms with van der Waals surface area (Å²) in [5.41, 5.74) is -1.12. The van der Waals surface area contributed by atoms with Crippen LogP contribution < -0.4 is 10.0 Å². The third kappa shape index (κ3) is 5.26. The van der Waals surface area contributed by atoms with Crippen molar-refractivity contribution >= 4 is 50.5 Å². The molecule has 26 heavy (non-hydrogen) atoms. The molecule has 0 aliphatic rings. The molecular formula is C15H11Cl2F3N2O3S. The largest absolute Gasteiger partial charge is 0.417 e. The molecule has 140 valence electrons. The fourth-order valence-electron chi connectivity index (χ4n) is 2.00. The number of halogens is 5. The minimum Gasteiger partial charge on any atom is -0.322 e. The Labute approximate surface area is 157 Å². The van der Waals surface area contributed by atoms with Gasteiger partial charge >= 0.3 is 6.18 Å². The summed E-state index contributed by atoms with van der Waals surface area (Å²) in [6.45, 7) is 0. The lowest BCUT2D eigenvalue weighted by Gasteiger charge is -2.12. The van der Waals surface area contributed by atoms with Gasteiger partial charge in [0.15, 0.2) is 0 Å². The van der Waals surface area contributed by atoms with Crippen molar-refractivity contribution in [3.8, 4) is 0 Å².